The van der Waals surface area contributed by atoms with Gasteiger partial charge in [0.15, 0.2) is 0 Å². The van der Waals surface area contributed by atoms with Gasteiger partial charge in [-0.1, -0.05) is 6.07 Å². The van der Waals surface area contributed by atoms with Gasteiger partial charge in [-0.3, -0.25) is 9.69 Å². The van der Waals surface area contributed by atoms with Gasteiger partial charge in [0.25, 0.3) is 5.95 Å². The van der Waals surface area contributed by atoms with E-state index in [4.69, 9.17) is 10.00 Å². The number of benzene rings is 1. The van der Waals surface area contributed by atoms with Crippen LogP contribution in [0.2, 0.25) is 0 Å². The average molecular weight is 449 g/mol. The minimum absolute atomic E-state index is 0.00717. The van der Waals surface area contributed by atoms with E-state index in [1.54, 1.807) is 24.5 Å². The van der Waals surface area contributed by atoms with Crippen LogP contribution in [0.4, 0.5) is 4.39 Å². The van der Waals surface area contributed by atoms with E-state index in [1.165, 1.54) is 17.1 Å². The largest absolute Gasteiger partial charge is 0.370 e. The minimum Gasteiger partial charge on any atom is -0.370 e. The van der Waals surface area contributed by atoms with E-state index in [0.29, 0.717) is 37.8 Å². The van der Waals surface area contributed by atoms with Crippen molar-refractivity contribution < 1.29 is 13.9 Å². The van der Waals surface area contributed by atoms with E-state index in [1.807, 2.05) is 11.0 Å². The van der Waals surface area contributed by atoms with Crippen molar-refractivity contribution in [2.75, 3.05) is 32.8 Å². The number of fused-ring (bicyclic) bond motifs is 1. The molecule has 5 rings (SSSR count). The van der Waals surface area contributed by atoms with Gasteiger partial charge in [-0.25, -0.2) is 14.4 Å². The van der Waals surface area contributed by atoms with E-state index < -0.39 is 5.82 Å². The van der Waals surface area contributed by atoms with Crippen LogP contribution in [0.25, 0.3) is 5.95 Å². The number of rotatable bonds is 4. The lowest BCUT2D eigenvalue weighted by Gasteiger charge is -2.46. The number of aromatic nitrogens is 6. The molecule has 1 amide bonds. The Labute approximate surface area is 188 Å². The molecular weight excluding hydrogens is 429 g/mol. The number of halogens is 1. The Morgan fingerprint density at radius 2 is 2.09 bits per heavy atom. The van der Waals surface area contributed by atoms with E-state index in [9.17, 15) is 9.18 Å². The van der Waals surface area contributed by atoms with Crippen molar-refractivity contribution in [3.63, 3.8) is 0 Å². The zero-order valence-corrected chi connectivity index (χ0v) is 17.6. The Bertz CT molecular complexity index is 1180. The normalized spacial score (nSPS) is 20.8. The van der Waals surface area contributed by atoms with E-state index in [0.717, 1.165) is 12.1 Å². The summed E-state index contributed by atoms with van der Waals surface area (Å²) < 4.78 is 21.0. The number of morpholine rings is 1. The van der Waals surface area contributed by atoms with Crippen molar-refractivity contribution >= 4 is 5.91 Å². The lowest BCUT2D eigenvalue weighted by atomic mass is 10.0. The third-order valence-corrected chi connectivity index (χ3v) is 5.93. The Morgan fingerprint density at radius 3 is 2.85 bits per heavy atom. The van der Waals surface area contributed by atoms with Crippen molar-refractivity contribution in [2.45, 2.75) is 18.6 Å². The van der Waals surface area contributed by atoms with Crippen molar-refractivity contribution in [3.05, 3.63) is 59.4 Å². The fourth-order valence-electron chi connectivity index (χ4n) is 4.14. The van der Waals surface area contributed by atoms with Gasteiger partial charge < -0.3 is 9.64 Å². The van der Waals surface area contributed by atoms with Crippen LogP contribution in [0.1, 0.15) is 22.8 Å². The molecule has 2 aromatic heterocycles. The van der Waals surface area contributed by atoms with E-state index in [-0.39, 0.29) is 30.0 Å². The second kappa shape index (κ2) is 8.97. The maximum Gasteiger partial charge on any atom is 0.253 e. The smallest absolute Gasteiger partial charge is 0.253 e. The maximum atomic E-state index is 13.6. The van der Waals surface area contributed by atoms with Crippen LogP contribution in [0, 0.1) is 17.1 Å². The predicted octanol–water partition coefficient (Wildman–Crippen LogP) is 0.290. The third kappa shape index (κ3) is 4.41. The molecule has 0 bridgehead atoms. The van der Waals surface area contributed by atoms with Crippen molar-refractivity contribution in [1.82, 2.24) is 40.0 Å². The molecule has 0 radical (unpaired) electrons. The highest BCUT2D eigenvalue weighted by Crippen LogP contribution is 2.28. The molecule has 0 saturated carbocycles. The summed E-state index contributed by atoms with van der Waals surface area (Å²) >= 11 is 0. The number of carbonyl (C=O) groups excluding carboxylic acids is 1. The van der Waals surface area contributed by atoms with Crippen LogP contribution in [-0.4, -0.2) is 84.7 Å². The number of hydrogen-bond acceptors (Lipinski definition) is 9. The first kappa shape index (κ1) is 21.0. The molecule has 2 saturated heterocycles. The van der Waals surface area contributed by atoms with Crippen molar-refractivity contribution in [2.24, 2.45) is 0 Å². The number of amides is 1. The van der Waals surface area contributed by atoms with Gasteiger partial charge in [0.1, 0.15) is 18.2 Å². The zero-order chi connectivity index (χ0) is 22.8. The summed E-state index contributed by atoms with van der Waals surface area (Å²) in [6.07, 6.45) is 4.58. The van der Waals surface area contributed by atoms with Gasteiger partial charge in [-0.15, -0.1) is 5.10 Å². The van der Waals surface area contributed by atoms with E-state index in [2.05, 4.69) is 30.4 Å². The predicted molar refractivity (Wildman–Crippen MR) is 110 cm³/mol. The van der Waals surface area contributed by atoms with Gasteiger partial charge in [0.05, 0.1) is 30.7 Å². The SMILES string of the molecule is N#Cc1cc([C@@H]2CN3CCN(C(=O)Cc4cnc(-n5cnnn5)nc4)C[C@@H]3CO2)ccc1F. The molecule has 12 heteroatoms. The molecule has 3 aromatic rings. The van der Waals surface area contributed by atoms with Crippen LogP contribution >= 0.6 is 0 Å². The van der Waals surface area contributed by atoms with Gasteiger partial charge >= 0.3 is 0 Å². The first-order valence-corrected chi connectivity index (χ1v) is 10.5. The van der Waals surface area contributed by atoms with Crippen LogP contribution in [0.5, 0.6) is 0 Å². The van der Waals surface area contributed by atoms with Crippen LogP contribution in [0.3, 0.4) is 0 Å². The highest BCUT2D eigenvalue weighted by Gasteiger charge is 2.35. The lowest BCUT2D eigenvalue weighted by Crippen LogP contribution is -2.59. The molecule has 0 unspecified atom stereocenters. The fraction of sp³-hybridized carbons (Fsp3) is 0.381. The quantitative estimate of drug-likeness (QED) is 0.552. The molecule has 0 N–H and O–H groups in total. The van der Waals surface area contributed by atoms with Gasteiger partial charge in [-0.05, 0) is 33.7 Å². The Kier molecular flexibility index (Phi) is 5.72. The Balaban J connectivity index is 1.17. The Morgan fingerprint density at radius 1 is 1.24 bits per heavy atom. The topological polar surface area (TPSA) is 126 Å². The number of nitrogens with zero attached hydrogens (tertiary/aromatic N) is 9. The number of nitriles is 1. The van der Waals surface area contributed by atoms with Gasteiger partial charge in [0, 0.05) is 38.6 Å². The molecule has 0 aliphatic carbocycles. The fourth-order valence-corrected chi connectivity index (χ4v) is 4.14. The highest BCUT2D eigenvalue weighted by molar-refractivity contribution is 5.78. The summed E-state index contributed by atoms with van der Waals surface area (Å²) in [5, 5.41) is 19.9. The second-order valence-corrected chi connectivity index (χ2v) is 7.98. The summed E-state index contributed by atoms with van der Waals surface area (Å²) in [6, 6.07) is 6.48. The Hall–Kier alpha value is -3.82. The number of hydrogen-bond donors (Lipinski definition) is 0. The minimum atomic E-state index is -0.530. The number of tetrazole rings is 1. The first-order chi connectivity index (χ1) is 16.1. The summed E-state index contributed by atoms with van der Waals surface area (Å²) in [7, 11) is 0. The van der Waals surface area contributed by atoms with Crippen LogP contribution in [0.15, 0.2) is 36.9 Å². The molecule has 2 aliphatic rings. The molecule has 168 valence electrons. The van der Waals surface area contributed by atoms with Crippen molar-refractivity contribution in [1.29, 1.82) is 5.26 Å². The standard InChI is InChI=1S/C21H20FN9O2/c22-18-2-1-15(6-16(18)7-23)19-11-29-3-4-30(10-17(29)12-33-19)20(32)5-14-8-24-21(25-9-14)31-13-26-27-28-31/h1-2,6,8-9,13,17,19H,3-5,10-12H2/t17-,19+/m1/s1. The number of piperazine rings is 1. The molecule has 11 nitrogen and oxygen atoms in total. The molecule has 1 aromatic carbocycles. The number of ether oxygens (including phenoxy) is 1. The number of carbonyl (C=O) groups is 1. The summed E-state index contributed by atoms with van der Waals surface area (Å²) in [6.45, 7) is 2.99. The van der Waals surface area contributed by atoms with Gasteiger partial charge in [-0.2, -0.15) is 9.94 Å². The van der Waals surface area contributed by atoms with Crippen molar-refractivity contribution in [3.8, 4) is 12.0 Å². The van der Waals surface area contributed by atoms with E-state index >= 15 is 0 Å². The van der Waals surface area contributed by atoms with Crippen LogP contribution < -0.4 is 0 Å². The molecule has 4 heterocycles. The molecule has 0 spiro atoms. The third-order valence-electron chi connectivity index (χ3n) is 5.93. The molecular formula is C21H20FN9O2. The summed E-state index contributed by atoms with van der Waals surface area (Å²) in [4.78, 5) is 25.4. The molecule has 33 heavy (non-hydrogen) atoms. The lowest BCUT2D eigenvalue weighted by molar-refractivity contribution is -0.139. The first-order valence-electron chi connectivity index (χ1n) is 10.5. The van der Waals surface area contributed by atoms with Crippen LogP contribution in [-0.2, 0) is 16.0 Å². The molecule has 2 fully saturated rings. The van der Waals surface area contributed by atoms with Gasteiger partial charge in [0.2, 0.25) is 5.91 Å². The highest BCUT2D eigenvalue weighted by atomic mass is 19.1. The summed E-state index contributed by atoms with van der Waals surface area (Å²) in [5.74, 6) is -0.188. The molecule has 2 aliphatic heterocycles. The maximum absolute atomic E-state index is 13.6. The monoisotopic (exact) mass is 449 g/mol. The summed E-state index contributed by atoms with van der Waals surface area (Å²) in [5.41, 5.74) is 1.52. The second-order valence-electron chi connectivity index (χ2n) is 7.98. The molecule has 2 atom stereocenters. The zero-order valence-electron chi connectivity index (χ0n) is 17.6. The average Bonchev–Trinajstić information content (AvgIpc) is 3.39.